The van der Waals surface area contributed by atoms with E-state index in [1.54, 1.807) is 38.1 Å². The number of hydrogen-bond donors (Lipinski definition) is 2. The summed E-state index contributed by atoms with van der Waals surface area (Å²) in [4.78, 5) is 44.6. The Morgan fingerprint density at radius 2 is 1.95 bits per heavy atom. The van der Waals surface area contributed by atoms with Crippen LogP contribution in [0.1, 0.15) is 45.3 Å². The first-order valence-electron chi connectivity index (χ1n) is 12.4. The Bertz CT molecular complexity index is 1230. The van der Waals surface area contributed by atoms with Gasteiger partial charge in [-0.15, -0.1) is 0 Å². The number of nitrogens with zero attached hydrogens (tertiary/aromatic N) is 1. The standard InChI is InChI=1S/C27H33N3O7/c1-16-20(17(2)28-22(16)27(34)36-4)24(31)21-23(18-7-5-8-19(15-18)35-3)30(26(33)25(21)32)10-6-9-29-11-13-37-14-12-29/h5,7-8,15,23,28,31H,6,9-14H2,1-4H3. The number of aromatic amines is 1. The number of aromatic nitrogens is 1. The largest absolute Gasteiger partial charge is 0.872 e. The summed E-state index contributed by atoms with van der Waals surface area (Å²) in [6.07, 6.45) is 0.672. The van der Waals surface area contributed by atoms with Crippen LogP contribution in [0.4, 0.5) is 0 Å². The number of H-pyrrole nitrogens is 1. The first-order chi connectivity index (χ1) is 17.8. The zero-order chi connectivity index (χ0) is 26.7. The molecule has 0 radical (unpaired) electrons. The normalized spacial score (nSPS) is 19.9. The molecule has 2 aromatic rings. The fraction of sp³-hybridized carbons (Fsp3) is 0.444. The lowest BCUT2D eigenvalue weighted by Gasteiger charge is -2.29. The maximum Gasteiger partial charge on any atom is 0.354 e. The van der Waals surface area contributed by atoms with E-state index in [0.29, 0.717) is 48.7 Å². The number of nitrogens with one attached hydrogen (secondary N) is 2. The molecule has 0 saturated carbocycles. The van der Waals surface area contributed by atoms with Crippen molar-refractivity contribution in [2.75, 3.05) is 53.6 Å². The van der Waals surface area contributed by atoms with E-state index in [9.17, 15) is 19.5 Å². The molecule has 1 atom stereocenters. The Labute approximate surface area is 215 Å². The summed E-state index contributed by atoms with van der Waals surface area (Å²) in [5, 5.41) is 13.9. The molecule has 2 aliphatic rings. The van der Waals surface area contributed by atoms with Gasteiger partial charge in [0.05, 0.1) is 40.0 Å². The van der Waals surface area contributed by atoms with E-state index in [2.05, 4.69) is 4.98 Å². The number of ketones is 1. The van der Waals surface area contributed by atoms with Crippen LogP contribution in [0.25, 0.3) is 5.76 Å². The Balaban J connectivity index is 1.76. The zero-order valence-corrected chi connectivity index (χ0v) is 21.6. The van der Waals surface area contributed by atoms with Gasteiger partial charge in [-0.3, -0.25) is 9.59 Å². The molecule has 1 aromatic heterocycles. The number of Topliss-reactive ketones (excluding diaryl/α,β-unsaturated/α-hetero) is 1. The molecule has 10 heteroatoms. The maximum atomic E-state index is 13.9. The second-order valence-electron chi connectivity index (χ2n) is 9.33. The number of rotatable bonds is 8. The number of hydrogen-bond acceptors (Lipinski definition) is 7. The quantitative estimate of drug-likeness (QED) is 0.220. The number of carbonyl (C=O) groups excluding carboxylic acids is 3. The van der Waals surface area contributed by atoms with Crippen LogP contribution in [0.15, 0.2) is 29.8 Å². The molecule has 4 rings (SSSR count). The number of amides is 1. The number of quaternary nitrogens is 1. The van der Waals surface area contributed by atoms with Gasteiger partial charge in [0, 0.05) is 24.2 Å². The van der Waals surface area contributed by atoms with E-state index >= 15 is 0 Å². The minimum Gasteiger partial charge on any atom is -0.872 e. The van der Waals surface area contributed by atoms with Gasteiger partial charge < -0.3 is 34.1 Å². The number of benzene rings is 1. The van der Waals surface area contributed by atoms with Crippen molar-refractivity contribution in [3.05, 3.63) is 57.9 Å². The fourth-order valence-corrected chi connectivity index (χ4v) is 5.20. The highest BCUT2D eigenvalue weighted by molar-refractivity contribution is 6.46. The molecule has 2 fully saturated rings. The SMILES string of the molecule is COC(=O)c1[nH]c(C)c(C([O-])=C2C(=O)C(=O)N(CCC[NH+]3CCOCC3)C2c2cccc(OC)c2)c1C. The predicted molar refractivity (Wildman–Crippen MR) is 132 cm³/mol. The molecule has 1 amide bonds. The molecule has 1 aromatic carbocycles. The van der Waals surface area contributed by atoms with Gasteiger partial charge in [-0.2, -0.15) is 0 Å². The van der Waals surface area contributed by atoms with Crippen LogP contribution in [0.3, 0.4) is 0 Å². The maximum absolute atomic E-state index is 13.9. The number of carbonyl (C=O) groups is 3. The molecular weight excluding hydrogens is 478 g/mol. The van der Waals surface area contributed by atoms with E-state index in [1.165, 1.54) is 24.0 Å². The molecule has 2 N–H and O–H groups in total. The number of likely N-dealkylation sites (tertiary alicyclic amines) is 1. The molecule has 198 valence electrons. The minimum absolute atomic E-state index is 0.126. The van der Waals surface area contributed by atoms with Gasteiger partial charge in [-0.05, 0) is 42.7 Å². The van der Waals surface area contributed by atoms with E-state index < -0.39 is 29.5 Å². The Morgan fingerprint density at radius 1 is 1.22 bits per heavy atom. The molecular formula is C27H33N3O7. The topological polar surface area (TPSA) is 125 Å². The van der Waals surface area contributed by atoms with Crippen molar-refractivity contribution in [2.45, 2.75) is 26.3 Å². The van der Waals surface area contributed by atoms with E-state index in [-0.39, 0.29) is 16.8 Å². The third-order valence-electron chi connectivity index (χ3n) is 7.12. The van der Waals surface area contributed by atoms with Crippen molar-refractivity contribution in [1.29, 1.82) is 0 Å². The number of ether oxygens (including phenoxy) is 3. The van der Waals surface area contributed by atoms with Gasteiger partial charge in [0.1, 0.15) is 24.5 Å². The Morgan fingerprint density at radius 3 is 2.62 bits per heavy atom. The van der Waals surface area contributed by atoms with Crippen molar-refractivity contribution in [3.63, 3.8) is 0 Å². The molecule has 2 saturated heterocycles. The molecule has 0 spiro atoms. The molecule has 0 aliphatic carbocycles. The van der Waals surface area contributed by atoms with E-state index in [0.717, 1.165) is 19.6 Å². The van der Waals surface area contributed by atoms with Gasteiger partial charge in [-0.25, -0.2) is 4.79 Å². The molecule has 0 bridgehead atoms. The third kappa shape index (κ3) is 5.12. The molecule has 3 heterocycles. The molecule has 1 unspecified atom stereocenters. The average Bonchev–Trinajstić information content (AvgIpc) is 3.35. The molecule has 37 heavy (non-hydrogen) atoms. The summed E-state index contributed by atoms with van der Waals surface area (Å²) in [7, 11) is 2.78. The van der Waals surface area contributed by atoms with Crippen molar-refractivity contribution in [2.24, 2.45) is 0 Å². The summed E-state index contributed by atoms with van der Waals surface area (Å²) in [5.41, 5.74) is 1.63. The molecule has 10 nitrogen and oxygen atoms in total. The van der Waals surface area contributed by atoms with Crippen LogP contribution in [0, 0.1) is 13.8 Å². The lowest BCUT2D eigenvalue weighted by atomic mass is 9.94. The smallest absolute Gasteiger partial charge is 0.354 e. The third-order valence-corrected chi connectivity index (χ3v) is 7.12. The van der Waals surface area contributed by atoms with Crippen LogP contribution in [0.5, 0.6) is 5.75 Å². The highest BCUT2D eigenvalue weighted by Gasteiger charge is 2.44. The van der Waals surface area contributed by atoms with Crippen molar-refractivity contribution < 1.29 is 38.6 Å². The van der Waals surface area contributed by atoms with Gasteiger partial charge in [0.25, 0.3) is 5.91 Å². The lowest BCUT2D eigenvalue weighted by molar-refractivity contribution is -0.908. The average molecular weight is 512 g/mol. The van der Waals surface area contributed by atoms with Gasteiger partial charge >= 0.3 is 5.97 Å². The Kier molecular flexibility index (Phi) is 7.99. The van der Waals surface area contributed by atoms with Crippen molar-refractivity contribution in [1.82, 2.24) is 9.88 Å². The van der Waals surface area contributed by atoms with Crippen LogP contribution in [0.2, 0.25) is 0 Å². The van der Waals surface area contributed by atoms with Crippen LogP contribution >= 0.6 is 0 Å². The predicted octanol–water partition coefficient (Wildman–Crippen LogP) is -0.0441. The van der Waals surface area contributed by atoms with Crippen LogP contribution in [-0.4, -0.2) is 81.2 Å². The summed E-state index contributed by atoms with van der Waals surface area (Å²) in [6.45, 7) is 7.63. The number of methoxy groups -OCH3 is 2. The van der Waals surface area contributed by atoms with Crippen molar-refractivity contribution >= 4 is 23.4 Å². The number of esters is 1. The summed E-state index contributed by atoms with van der Waals surface area (Å²) in [6, 6.07) is 6.18. The van der Waals surface area contributed by atoms with Crippen molar-refractivity contribution in [3.8, 4) is 5.75 Å². The lowest BCUT2D eigenvalue weighted by Crippen LogP contribution is -3.14. The summed E-state index contributed by atoms with van der Waals surface area (Å²) < 4.78 is 15.6. The monoisotopic (exact) mass is 511 g/mol. The first kappa shape index (κ1) is 26.4. The van der Waals surface area contributed by atoms with Gasteiger partial charge in [0.2, 0.25) is 5.78 Å². The highest BCUT2D eigenvalue weighted by atomic mass is 16.5. The van der Waals surface area contributed by atoms with E-state index in [4.69, 9.17) is 14.2 Å². The summed E-state index contributed by atoms with van der Waals surface area (Å²) >= 11 is 0. The Hall–Kier alpha value is -3.63. The van der Waals surface area contributed by atoms with Crippen LogP contribution in [-0.2, 0) is 19.1 Å². The summed E-state index contributed by atoms with van der Waals surface area (Å²) in [5.74, 6) is -2.16. The first-order valence-corrected chi connectivity index (χ1v) is 12.4. The second-order valence-corrected chi connectivity index (χ2v) is 9.33. The highest BCUT2D eigenvalue weighted by Crippen LogP contribution is 2.40. The second kappa shape index (κ2) is 11.2. The molecule has 2 aliphatic heterocycles. The number of aryl methyl sites for hydroxylation is 1. The van der Waals surface area contributed by atoms with Crippen LogP contribution < -0.4 is 14.7 Å². The van der Waals surface area contributed by atoms with Gasteiger partial charge in [0.15, 0.2) is 0 Å². The fourth-order valence-electron chi connectivity index (χ4n) is 5.20. The van der Waals surface area contributed by atoms with Gasteiger partial charge in [-0.1, -0.05) is 17.9 Å². The number of morpholine rings is 1. The minimum atomic E-state index is -0.863. The van der Waals surface area contributed by atoms with E-state index in [1.807, 2.05) is 0 Å². The zero-order valence-electron chi connectivity index (χ0n) is 21.6.